The molecule has 2 rings (SSSR count). The van der Waals surface area contributed by atoms with Gasteiger partial charge in [0.05, 0.1) is 23.3 Å². The van der Waals surface area contributed by atoms with E-state index in [1.54, 1.807) is 12.3 Å². The molecule has 3 N–H and O–H groups in total. The quantitative estimate of drug-likeness (QED) is 0.774. The Morgan fingerprint density at radius 2 is 2.24 bits per heavy atom. The maximum absolute atomic E-state index is 9.24. The van der Waals surface area contributed by atoms with E-state index in [1.807, 2.05) is 18.2 Å². The van der Waals surface area contributed by atoms with E-state index >= 15 is 0 Å². The van der Waals surface area contributed by atoms with Crippen molar-refractivity contribution in [2.45, 2.75) is 6.10 Å². The van der Waals surface area contributed by atoms with Crippen molar-refractivity contribution in [3.8, 4) is 0 Å². The fourth-order valence-electron chi connectivity index (χ4n) is 1.55. The molecule has 0 aliphatic heterocycles. The molecule has 1 heterocycles. The highest BCUT2D eigenvalue weighted by atomic mass is 35.5. The molecule has 0 radical (unpaired) electrons. The van der Waals surface area contributed by atoms with E-state index in [0.29, 0.717) is 5.02 Å². The van der Waals surface area contributed by atoms with Gasteiger partial charge in [-0.2, -0.15) is 0 Å². The van der Waals surface area contributed by atoms with E-state index < -0.39 is 6.10 Å². The number of hydrogen-bond acceptors (Lipinski definition) is 4. The Hall–Kier alpha value is -1.36. The molecule has 1 aromatic heterocycles. The molecular formula is C12H13ClN2O2. The van der Waals surface area contributed by atoms with Crippen LogP contribution in [0.1, 0.15) is 0 Å². The van der Waals surface area contributed by atoms with Crippen molar-refractivity contribution >= 4 is 28.2 Å². The zero-order valence-corrected chi connectivity index (χ0v) is 9.85. The van der Waals surface area contributed by atoms with Gasteiger partial charge in [0.1, 0.15) is 0 Å². The second-order valence-electron chi connectivity index (χ2n) is 3.75. The van der Waals surface area contributed by atoms with E-state index in [1.165, 1.54) is 0 Å². The van der Waals surface area contributed by atoms with Gasteiger partial charge in [0.2, 0.25) is 0 Å². The van der Waals surface area contributed by atoms with Crippen LogP contribution in [0.4, 0.5) is 5.69 Å². The zero-order chi connectivity index (χ0) is 12.3. The van der Waals surface area contributed by atoms with Gasteiger partial charge in [0.15, 0.2) is 0 Å². The Bertz CT molecular complexity index is 519. The second-order valence-corrected chi connectivity index (χ2v) is 4.16. The minimum Gasteiger partial charge on any atom is -0.394 e. The number of halogens is 1. The first-order valence-electron chi connectivity index (χ1n) is 5.28. The first kappa shape index (κ1) is 12.1. The Balaban J connectivity index is 2.24. The Kier molecular flexibility index (Phi) is 3.78. The molecule has 0 spiro atoms. The third-order valence-corrected chi connectivity index (χ3v) is 2.70. The number of hydrogen-bond donors (Lipinski definition) is 3. The first-order chi connectivity index (χ1) is 8.20. The number of aliphatic hydroxyl groups excluding tert-OH is 2. The predicted molar refractivity (Wildman–Crippen MR) is 68.3 cm³/mol. The van der Waals surface area contributed by atoms with E-state index in [0.717, 1.165) is 16.6 Å². The highest BCUT2D eigenvalue weighted by molar-refractivity contribution is 6.35. The van der Waals surface area contributed by atoms with Crippen LogP contribution in [0.5, 0.6) is 0 Å². The van der Waals surface area contributed by atoms with Crippen LogP contribution in [0.25, 0.3) is 10.9 Å². The van der Waals surface area contributed by atoms with E-state index in [2.05, 4.69) is 10.3 Å². The molecule has 2 aromatic rings. The SMILES string of the molecule is OCC(O)CNc1cc(Cl)c2ncccc2c1. The van der Waals surface area contributed by atoms with Crippen molar-refractivity contribution < 1.29 is 10.2 Å². The molecule has 0 saturated carbocycles. The summed E-state index contributed by atoms with van der Waals surface area (Å²) in [6, 6.07) is 7.41. The number of rotatable bonds is 4. The molecule has 0 fully saturated rings. The second kappa shape index (κ2) is 5.31. The van der Waals surface area contributed by atoms with Crippen molar-refractivity contribution in [3.05, 3.63) is 35.5 Å². The molecule has 4 nitrogen and oxygen atoms in total. The summed E-state index contributed by atoms with van der Waals surface area (Å²) in [5.74, 6) is 0. The lowest BCUT2D eigenvalue weighted by Crippen LogP contribution is -2.22. The third-order valence-electron chi connectivity index (χ3n) is 2.41. The number of fused-ring (bicyclic) bond motifs is 1. The highest BCUT2D eigenvalue weighted by Crippen LogP contribution is 2.25. The number of aliphatic hydroxyl groups is 2. The zero-order valence-electron chi connectivity index (χ0n) is 9.10. The summed E-state index contributed by atoms with van der Waals surface area (Å²) in [5.41, 5.74) is 1.55. The lowest BCUT2D eigenvalue weighted by atomic mass is 10.2. The van der Waals surface area contributed by atoms with Crippen LogP contribution in [0.15, 0.2) is 30.5 Å². The van der Waals surface area contributed by atoms with Crippen LogP contribution < -0.4 is 5.32 Å². The van der Waals surface area contributed by atoms with Crippen molar-refractivity contribution in [1.29, 1.82) is 0 Å². The number of benzene rings is 1. The van der Waals surface area contributed by atoms with Crippen LogP contribution in [0.2, 0.25) is 5.02 Å². The molecule has 0 bridgehead atoms. The molecule has 1 atom stereocenters. The lowest BCUT2D eigenvalue weighted by Gasteiger charge is -2.11. The standard InChI is InChI=1S/C12H13ClN2O2/c13-11-5-9(15-6-10(17)7-16)4-8-2-1-3-14-12(8)11/h1-5,10,15-17H,6-7H2. The largest absolute Gasteiger partial charge is 0.394 e. The van der Waals surface area contributed by atoms with E-state index in [9.17, 15) is 5.11 Å². The molecule has 0 aliphatic rings. The van der Waals surface area contributed by atoms with Crippen molar-refractivity contribution in [2.24, 2.45) is 0 Å². The number of nitrogens with zero attached hydrogens (tertiary/aromatic N) is 1. The van der Waals surface area contributed by atoms with Gasteiger partial charge < -0.3 is 15.5 Å². The Morgan fingerprint density at radius 1 is 1.41 bits per heavy atom. The summed E-state index contributed by atoms with van der Waals surface area (Å²) in [6.45, 7) is 0.00840. The van der Waals surface area contributed by atoms with Gasteiger partial charge in [-0.3, -0.25) is 4.98 Å². The van der Waals surface area contributed by atoms with Crippen LogP contribution in [0.3, 0.4) is 0 Å². The molecule has 0 amide bonds. The predicted octanol–water partition coefficient (Wildman–Crippen LogP) is 1.65. The Labute approximate surface area is 104 Å². The average molecular weight is 253 g/mol. The average Bonchev–Trinajstić information content (AvgIpc) is 2.36. The Morgan fingerprint density at radius 3 is 3.00 bits per heavy atom. The molecular weight excluding hydrogens is 240 g/mol. The summed E-state index contributed by atoms with van der Waals surface area (Å²) in [4.78, 5) is 4.18. The van der Waals surface area contributed by atoms with Crippen LogP contribution >= 0.6 is 11.6 Å². The smallest absolute Gasteiger partial charge is 0.0942 e. The van der Waals surface area contributed by atoms with Gasteiger partial charge in [-0.15, -0.1) is 0 Å². The topological polar surface area (TPSA) is 65.4 Å². The molecule has 5 heteroatoms. The fourth-order valence-corrected chi connectivity index (χ4v) is 1.83. The van der Waals surface area contributed by atoms with E-state index in [4.69, 9.17) is 16.7 Å². The number of pyridine rings is 1. The number of nitrogens with one attached hydrogen (secondary N) is 1. The van der Waals surface area contributed by atoms with Crippen molar-refractivity contribution in [3.63, 3.8) is 0 Å². The van der Waals surface area contributed by atoms with Crippen molar-refractivity contribution in [1.82, 2.24) is 4.98 Å². The number of anilines is 1. The van der Waals surface area contributed by atoms with Gasteiger partial charge in [0, 0.05) is 23.8 Å². The summed E-state index contributed by atoms with van der Waals surface area (Å²) >= 11 is 6.10. The molecule has 90 valence electrons. The monoisotopic (exact) mass is 252 g/mol. The summed E-state index contributed by atoms with van der Waals surface area (Å²) in [7, 11) is 0. The molecule has 1 aromatic carbocycles. The first-order valence-corrected chi connectivity index (χ1v) is 5.65. The van der Waals surface area contributed by atoms with Crippen LogP contribution in [0, 0.1) is 0 Å². The van der Waals surface area contributed by atoms with Crippen LogP contribution in [-0.4, -0.2) is 34.5 Å². The maximum atomic E-state index is 9.24. The minimum absolute atomic E-state index is 0.268. The highest BCUT2D eigenvalue weighted by Gasteiger charge is 2.05. The molecule has 17 heavy (non-hydrogen) atoms. The summed E-state index contributed by atoms with van der Waals surface area (Å²) in [5, 5.41) is 22.5. The van der Waals surface area contributed by atoms with Gasteiger partial charge in [-0.05, 0) is 18.2 Å². The summed E-state index contributed by atoms with van der Waals surface area (Å²) in [6.07, 6.45) is 0.912. The van der Waals surface area contributed by atoms with Gasteiger partial charge in [-0.25, -0.2) is 0 Å². The normalized spacial score (nSPS) is 12.6. The van der Waals surface area contributed by atoms with Crippen LogP contribution in [-0.2, 0) is 0 Å². The van der Waals surface area contributed by atoms with Gasteiger partial charge >= 0.3 is 0 Å². The molecule has 0 saturated heterocycles. The van der Waals surface area contributed by atoms with Crippen molar-refractivity contribution in [2.75, 3.05) is 18.5 Å². The molecule has 0 aliphatic carbocycles. The number of aromatic nitrogens is 1. The fraction of sp³-hybridized carbons (Fsp3) is 0.250. The van der Waals surface area contributed by atoms with Gasteiger partial charge in [-0.1, -0.05) is 17.7 Å². The minimum atomic E-state index is -0.779. The van der Waals surface area contributed by atoms with E-state index in [-0.39, 0.29) is 13.2 Å². The molecule has 1 unspecified atom stereocenters. The maximum Gasteiger partial charge on any atom is 0.0942 e. The lowest BCUT2D eigenvalue weighted by molar-refractivity contribution is 0.105. The summed E-state index contributed by atoms with van der Waals surface area (Å²) < 4.78 is 0. The third kappa shape index (κ3) is 2.85. The van der Waals surface area contributed by atoms with Gasteiger partial charge in [0.25, 0.3) is 0 Å².